The van der Waals surface area contributed by atoms with Crippen LogP contribution in [-0.4, -0.2) is 15.9 Å². The number of thioether (sulfide) groups is 1. The van der Waals surface area contributed by atoms with Gasteiger partial charge < -0.3 is 0 Å². The molecule has 1 aliphatic carbocycles. The highest BCUT2D eigenvalue weighted by Gasteiger charge is 2.48. The zero-order chi connectivity index (χ0) is 11.8. The summed E-state index contributed by atoms with van der Waals surface area (Å²) in [7, 11) is 0. The maximum Gasteiger partial charge on any atom is 0.130 e. The predicted molar refractivity (Wildman–Crippen MR) is 73.6 cm³/mol. The molecule has 0 heterocycles. The highest BCUT2D eigenvalue weighted by Crippen LogP contribution is 2.55. The minimum Gasteiger partial charge on any atom is -0.157 e. The molecule has 0 radical (unpaired) electrons. The van der Waals surface area contributed by atoms with Crippen molar-refractivity contribution >= 4 is 69.8 Å². The summed E-state index contributed by atoms with van der Waals surface area (Å²) in [4.78, 5) is -0.974. The van der Waals surface area contributed by atoms with Gasteiger partial charge >= 0.3 is 0 Å². The van der Waals surface area contributed by atoms with Crippen molar-refractivity contribution in [3.05, 3.63) is 20.1 Å². The van der Waals surface area contributed by atoms with E-state index in [1.807, 2.05) is 13.8 Å². The lowest BCUT2D eigenvalue weighted by Gasteiger charge is -2.29. The van der Waals surface area contributed by atoms with Gasteiger partial charge in [0.1, 0.15) is 4.87 Å². The molecular formula is C9H9Cl5S. The Labute approximate surface area is 119 Å². The van der Waals surface area contributed by atoms with E-state index in [4.69, 9.17) is 58.0 Å². The predicted octanol–water partition coefficient (Wildman–Crippen LogP) is 5.50. The van der Waals surface area contributed by atoms with Gasteiger partial charge in [0.25, 0.3) is 0 Å². The van der Waals surface area contributed by atoms with E-state index in [0.29, 0.717) is 10.1 Å². The van der Waals surface area contributed by atoms with Crippen molar-refractivity contribution in [1.82, 2.24) is 0 Å². The zero-order valence-corrected chi connectivity index (χ0v) is 12.7. The number of alkyl halides is 1. The molecule has 15 heavy (non-hydrogen) atoms. The quantitative estimate of drug-likeness (QED) is 0.617. The van der Waals surface area contributed by atoms with Crippen LogP contribution in [0.5, 0.6) is 0 Å². The van der Waals surface area contributed by atoms with E-state index in [9.17, 15) is 0 Å². The molecule has 0 nitrogen and oxygen atoms in total. The van der Waals surface area contributed by atoms with Crippen LogP contribution < -0.4 is 0 Å². The minimum absolute atomic E-state index is 0.00849. The molecule has 86 valence electrons. The first-order chi connectivity index (χ1) is 6.87. The van der Waals surface area contributed by atoms with Crippen molar-refractivity contribution in [2.75, 3.05) is 5.75 Å². The summed E-state index contributed by atoms with van der Waals surface area (Å²) in [6.45, 7) is 3.99. The molecule has 1 unspecified atom stereocenters. The number of hydrogen-bond acceptors (Lipinski definition) is 1. The Morgan fingerprint density at radius 2 is 1.53 bits per heavy atom. The average Bonchev–Trinajstić information content (AvgIpc) is 2.36. The van der Waals surface area contributed by atoms with Crippen LogP contribution in [0.25, 0.3) is 0 Å². The summed E-state index contributed by atoms with van der Waals surface area (Å²) >= 11 is 32.1. The molecule has 1 atom stereocenters. The zero-order valence-electron chi connectivity index (χ0n) is 8.08. The summed E-state index contributed by atoms with van der Waals surface area (Å²) in [5.41, 5.74) is 0. The Balaban J connectivity index is 3.15. The van der Waals surface area contributed by atoms with Crippen LogP contribution in [-0.2, 0) is 0 Å². The molecule has 0 amide bonds. The second kappa shape index (κ2) is 5.29. The fraction of sp³-hybridized carbons (Fsp3) is 0.556. The summed E-state index contributed by atoms with van der Waals surface area (Å²) in [6, 6.07) is 0. The van der Waals surface area contributed by atoms with Gasteiger partial charge in [-0.05, 0) is 5.75 Å². The van der Waals surface area contributed by atoms with E-state index in [-0.39, 0.29) is 15.3 Å². The average molecular weight is 327 g/mol. The molecule has 0 spiro atoms. The van der Waals surface area contributed by atoms with Crippen LogP contribution in [0.2, 0.25) is 0 Å². The molecule has 0 fully saturated rings. The second-order valence-electron chi connectivity index (χ2n) is 3.07. The lowest BCUT2D eigenvalue weighted by atomic mass is 10.1. The van der Waals surface area contributed by atoms with Gasteiger partial charge in [-0.1, -0.05) is 60.3 Å². The highest BCUT2D eigenvalue weighted by molar-refractivity contribution is 8.00. The molecule has 6 heteroatoms. The number of halogens is 5. The van der Waals surface area contributed by atoms with Gasteiger partial charge in [0, 0.05) is 5.25 Å². The number of allylic oxidation sites excluding steroid dienone is 4. The van der Waals surface area contributed by atoms with Crippen LogP contribution >= 0.6 is 69.8 Å². The van der Waals surface area contributed by atoms with Gasteiger partial charge in [0.15, 0.2) is 0 Å². The Morgan fingerprint density at radius 3 is 1.87 bits per heavy atom. The van der Waals surface area contributed by atoms with Crippen LogP contribution in [0, 0.1) is 0 Å². The van der Waals surface area contributed by atoms with E-state index >= 15 is 0 Å². The molecule has 0 N–H and O–H groups in total. The normalized spacial score (nSPS) is 22.6. The van der Waals surface area contributed by atoms with E-state index < -0.39 is 4.87 Å². The summed E-state index contributed by atoms with van der Waals surface area (Å²) in [6.07, 6.45) is 0. The largest absolute Gasteiger partial charge is 0.157 e. The van der Waals surface area contributed by atoms with Gasteiger partial charge in [0.2, 0.25) is 0 Å². The van der Waals surface area contributed by atoms with Crippen molar-refractivity contribution in [2.45, 2.75) is 24.0 Å². The highest BCUT2D eigenvalue weighted by atomic mass is 35.5. The lowest BCUT2D eigenvalue weighted by Crippen LogP contribution is -2.32. The second-order valence-corrected chi connectivity index (χ2v) is 6.79. The molecule has 1 aliphatic rings. The van der Waals surface area contributed by atoms with Crippen LogP contribution in [0.15, 0.2) is 20.1 Å². The molecule has 0 bridgehead atoms. The topological polar surface area (TPSA) is 0 Å². The first-order valence-corrected chi connectivity index (χ1v) is 7.23. The molecule has 0 aromatic rings. The molecule has 0 aromatic carbocycles. The van der Waals surface area contributed by atoms with Gasteiger partial charge in [-0.2, -0.15) is 11.8 Å². The molecule has 0 saturated carbocycles. The molecular weight excluding hydrogens is 317 g/mol. The first kappa shape index (κ1) is 14.3. The Hall–Kier alpha value is 1.28. The Bertz CT molecular complexity index is 309. The minimum atomic E-state index is -0.974. The standard InChI is InChI=1S/C9H9Cl5S/c1-3-15-4(2)9(14)7(12)5(10)6(11)8(9)13/h4H,3H2,1-2H3. The summed E-state index contributed by atoms with van der Waals surface area (Å²) in [5.74, 6) is 0.916. The van der Waals surface area contributed by atoms with E-state index in [2.05, 4.69) is 0 Å². The fourth-order valence-corrected chi connectivity index (χ4v) is 4.24. The van der Waals surface area contributed by atoms with Gasteiger partial charge in [-0.25, -0.2) is 0 Å². The molecule has 0 aliphatic heterocycles. The van der Waals surface area contributed by atoms with Crippen molar-refractivity contribution in [2.24, 2.45) is 0 Å². The maximum atomic E-state index is 6.42. The van der Waals surface area contributed by atoms with E-state index in [1.54, 1.807) is 11.8 Å². The van der Waals surface area contributed by atoms with Crippen molar-refractivity contribution in [3.63, 3.8) is 0 Å². The smallest absolute Gasteiger partial charge is 0.130 e. The van der Waals surface area contributed by atoms with Crippen molar-refractivity contribution in [3.8, 4) is 0 Å². The van der Waals surface area contributed by atoms with Crippen LogP contribution in [0.3, 0.4) is 0 Å². The van der Waals surface area contributed by atoms with Gasteiger partial charge in [-0.3, -0.25) is 0 Å². The number of hydrogen-bond donors (Lipinski definition) is 0. The summed E-state index contributed by atoms with van der Waals surface area (Å²) in [5, 5.41) is 1.14. The molecule has 1 rings (SSSR count). The van der Waals surface area contributed by atoms with Gasteiger partial charge in [-0.15, -0.1) is 11.6 Å². The Morgan fingerprint density at radius 1 is 1.13 bits per heavy atom. The summed E-state index contributed by atoms with van der Waals surface area (Å²) < 4.78 is 0. The van der Waals surface area contributed by atoms with Crippen molar-refractivity contribution < 1.29 is 0 Å². The van der Waals surface area contributed by atoms with Crippen molar-refractivity contribution in [1.29, 1.82) is 0 Å². The third-order valence-corrected chi connectivity index (χ3v) is 6.43. The third kappa shape index (κ3) is 2.29. The molecule has 0 saturated heterocycles. The first-order valence-electron chi connectivity index (χ1n) is 4.29. The monoisotopic (exact) mass is 324 g/mol. The van der Waals surface area contributed by atoms with Crippen LogP contribution in [0.4, 0.5) is 0 Å². The maximum absolute atomic E-state index is 6.42. The van der Waals surface area contributed by atoms with Crippen LogP contribution in [0.1, 0.15) is 13.8 Å². The third-order valence-electron chi connectivity index (χ3n) is 2.19. The lowest BCUT2D eigenvalue weighted by molar-refractivity contribution is 0.818. The van der Waals surface area contributed by atoms with E-state index in [1.165, 1.54) is 0 Å². The van der Waals surface area contributed by atoms with E-state index in [0.717, 1.165) is 5.75 Å². The van der Waals surface area contributed by atoms with Gasteiger partial charge in [0.05, 0.1) is 20.1 Å². The Kier molecular flexibility index (Phi) is 5.05. The SMILES string of the molecule is CCSC(C)C1(Cl)C(Cl)=C(Cl)C(Cl)=C1Cl. The number of rotatable bonds is 3. The fourth-order valence-electron chi connectivity index (χ4n) is 1.33. The molecule has 0 aromatic heterocycles.